The number of hydrogen-bond acceptors (Lipinski definition) is 3. The number of carbonyl (C=O) groups excluding carboxylic acids is 2. The molecule has 2 aromatic carbocycles. The molecule has 0 saturated carbocycles. The van der Waals surface area contributed by atoms with Crippen LogP contribution >= 0.6 is 11.6 Å². The van der Waals surface area contributed by atoms with Crippen LogP contribution in [0, 0.1) is 0 Å². The Bertz CT molecular complexity index is 789. The van der Waals surface area contributed by atoms with Gasteiger partial charge < -0.3 is 10.2 Å². The number of nitrogens with zero attached hydrogens (tertiary/aromatic N) is 2. The zero-order valence-electron chi connectivity index (χ0n) is 15.4. The molecule has 5 nitrogen and oxygen atoms in total. The molecular formula is C21H24ClN3O2. The maximum atomic E-state index is 12.6. The quantitative estimate of drug-likeness (QED) is 0.861. The fraction of sp³-hybridized carbons (Fsp3) is 0.333. The molecule has 0 aliphatic carbocycles. The highest BCUT2D eigenvalue weighted by molar-refractivity contribution is 6.30. The first-order valence-electron chi connectivity index (χ1n) is 9.14. The van der Waals surface area contributed by atoms with Crippen LogP contribution in [0.1, 0.15) is 22.8 Å². The van der Waals surface area contributed by atoms with Crippen LogP contribution in [0.15, 0.2) is 54.6 Å². The Morgan fingerprint density at radius 2 is 1.74 bits per heavy atom. The third-order valence-electron chi connectivity index (χ3n) is 4.73. The number of piperazine rings is 1. The molecule has 0 radical (unpaired) electrons. The van der Waals surface area contributed by atoms with Gasteiger partial charge in [-0.3, -0.25) is 14.5 Å². The van der Waals surface area contributed by atoms with E-state index in [2.05, 4.69) is 16.3 Å². The first-order valence-corrected chi connectivity index (χ1v) is 9.52. The van der Waals surface area contributed by atoms with Gasteiger partial charge in [0.25, 0.3) is 5.91 Å². The minimum atomic E-state index is -0.544. The Balaban J connectivity index is 1.48. The molecule has 2 amide bonds. The molecule has 0 aromatic heterocycles. The van der Waals surface area contributed by atoms with Crippen LogP contribution in [0.3, 0.4) is 0 Å². The van der Waals surface area contributed by atoms with E-state index < -0.39 is 6.04 Å². The number of nitrogens with one attached hydrogen (secondary N) is 1. The Morgan fingerprint density at radius 1 is 1.04 bits per heavy atom. The van der Waals surface area contributed by atoms with Crippen molar-refractivity contribution in [2.45, 2.75) is 19.5 Å². The predicted octanol–water partition coefficient (Wildman–Crippen LogP) is 2.80. The summed E-state index contributed by atoms with van der Waals surface area (Å²) < 4.78 is 0. The summed E-state index contributed by atoms with van der Waals surface area (Å²) in [7, 11) is 0. The summed E-state index contributed by atoms with van der Waals surface area (Å²) in [4.78, 5) is 29.0. The average Bonchev–Trinajstić information content (AvgIpc) is 2.68. The van der Waals surface area contributed by atoms with Crippen LogP contribution in [-0.2, 0) is 11.3 Å². The minimum Gasteiger partial charge on any atom is -0.341 e. The molecule has 3 rings (SSSR count). The molecule has 0 bridgehead atoms. The van der Waals surface area contributed by atoms with Gasteiger partial charge in [-0.15, -0.1) is 0 Å². The predicted molar refractivity (Wildman–Crippen MR) is 107 cm³/mol. The standard InChI is InChI=1S/C21H24ClN3O2/c1-16(23-20(26)18-7-3-2-4-8-18)21(27)25-12-10-24(11-13-25)15-17-6-5-9-19(22)14-17/h2-9,14,16H,10-13,15H2,1H3,(H,23,26). The molecule has 1 saturated heterocycles. The topological polar surface area (TPSA) is 52.7 Å². The molecule has 1 fully saturated rings. The van der Waals surface area contributed by atoms with E-state index >= 15 is 0 Å². The fourth-order valence-electron chi connectivity index (χ4n) is 3.22. The van der Waals surface area contributed by atoms with Crippen LogP contribution in [0.5, 0.6) is 0 Å². The van der Waals surface area contributed by atoms with Gasteiger partial charge in [-0.2, -0.15) is 0 Å². The van der Waals surface area contributed by atoms with Crippen LogP contribution in [-0.4, -0.2) is 53.8 Å². The largest absolute Gasteiger partial charge is 0.341 e. The van der Waals surface area contributed by atoms with Gasteiger partial charge in [-0.05, 0) is 36.8 Å². The monoisotopic (exact) mass is 385 g/mol. The van der Waals surface area contributed by atoms with Gasteiger partial charge in [0.1, 0.15) is 6.04 Å². The molecule has 1 N–H and O–H groups in total. The lowest BCUT2D eigenvalue weighted by atomic mass is 10.1. The van der Waals surface area contributed by atoms with Crippen molar-refractivity contribution in [3.63, 3.8) is 0 Å². The van der Waals surface area contributed by atoms with Crippen molar-refractivity contribution in [3.8, 4) is 0 Å². The van der Waals surface area contributed by atoms with Crippen LogP contribution in [0.2, 0.25) is 5.02 Å². The molecule has 142 valence electrons. The van der Waals surface area contributed by atoms with Gasteiger partial charge in [0.05, 0.1) is 0 Å². The maximum absolute atomic E-state index is 12.6. The lowest BCUT2D eigenvalue weighted by Crippen LogP contribution is -2.53. The summed E-state index contributed by atoms with van der Waals surface area (Å²) in [5.41, 5.74) is 1.73. The molecular weight excluding hydrogens is 362 g/mol. The summed E-state index contributed by atoms with van der Waals surface area (Å²) >= 11 is 6.04. The van der Waals surface area contributed by atoms with Crippen LogP contribution in [0.25, 0.3) is 0 Å². The minimum absolute atomic E-state index is 0.0401. The van der Waals surface area contributed by atoms with E-state index in [1.807, 2.05) is 29.2 Å². The van der Waals surface area contributed by atoms with Crippen LogP contribution in [0.4, 0.5) is 0 Å². The summed E-state index contributed by atoms with van der Waals surface area (Å²) in [5.74, 6) is -0.266. The Morgan fingerprint density at radius 3 is 2.41 bits per heavy atom. The van der Waals surface area contributed by atoms with Crippen molar-refractivity contribution in [3.05, 3.63) is 70.7 Å². The van der Waals surface area contributed by atoms with Crippen molar-refractivity contribution < 1.29 is 9.59 Å². The molecule has 1 aliphatic heterocycles. The van der Waals surface area contributed by atoms with E-state index in [1.165, 1.54) is 5.56 Å². The molecule has 2 aromatic rings. The van der Waals surface area contributed by atoms with Crippen molar-refractivity contribution in [1.82, 2.24) is 15.1 Å². The zero-order valence-corrected chi connectivity index (χ0v) is 16.2. The van der Waals surface area contributed by atoms with Gasteiger partial charge in [-0.25, -0.2) is 0 Å². The van der Waals surface area contributed by atoms with Crippen LogP contribution < -0.4 is 5.32 Å². The van der Waals surface area contributed by atoms with Crippen molar-refractivity contribution in [2.24, 2.45) is 0 Å². The Kier molecular flexibility index (Phi) is 6.48. The van der Waals surface area contributed by atoms with E-state index in [0.717, 1.165) is 24.7 Å². The average molecular weight is 386 g/mol. The van der Waals surface area contributed by atoms with E-state index in [1.54, 1.807) is 31.2 Å². The second kappa shape index (κ2) is 9.02. The second-order valence-electron chi connectivity index (χ2n) is 6.79. The molecule has 0 spiro atoms. The van der Waals surface area contributed by atoms with Crippen molar-refractivity contribution in [2.75, 3.05) is 26.2 Å². The molecule has 27 heavy (non-hydrogen) atoms. The van der Waals surface area contributed by atoms with E-state index in [-0.39, 0.29) is 11.8 Å². The summed E-state index contributed by atoms with van der Waals surface area (Å²) in [6.07, 6.45) is 0. The van der Waals surface area contributed by atoms with E-state index in [0.29, 0.717) is 18.7 Å². The SMILES string of the molecule is CC(NC(=O)c1ccccc1)C(=O)N1CCN(Cc2cccc(Cl)c2)CC1. The maximum Gasteiger partial charge on any atom is 0.251 e. The smallest absolute Gasteiger partial charge is 0.251 e. The summed E-state index contributed by atoms with van der Waals surface area (Å²) in [5, 5.41) is 3.53. The Hall–Kier alpha value is -2.37. The summed E-state index contributed by atoms with van der Waals surface area (Å²) in [6.45, 7) is 5.48. The fourth-order valence-corrected chi connectivity index (χ4v) is 3.44. The van der Waals surface area contributed by atoms with E-state index in [4.69, 9.17) is 11.6 Å². The third kappa shape index (κ3) is 5.31. The molecule has 1 heterocycles. The number of halogens is 1. The third-order valence-corrected chi connectivity index (χ3v) is 4.97. The van der Waals surface area contributed by atoms with Crippen molar-refractivity contribution in [1.29, 1.82) is 0 Å². The molecule has 1 aliphatic rings. The molecule has 1 atom stereocenters. The van der Waals surface area contributed by atoms with Gasteiger partial charge >= 0.3 is 0 Å². The lowest BCUT2D eigenvalue weighted by molar-refractivity contribution is -0.134. The van der Waals surface area contributed by atoms with Gasteiger partial charge in [0.15, 0.2) is 0 Å². The van der Waals surface area contributed by atoms with E-state index in [9.17, 15) is 9.59 Å². The first-order chi connectivity index (χ1) is 13.0. The number of benzene rings is 2. The number of carbonyl (C=O) groups is 2. The van der Waals surface area contributed by atoms with Crippen molar-refractivity contribution >= 4 is 23.4 Å². The van der Waals surface area contributed by atoms with Gasteiger partial charge in [0.2, 0.25) is 5.91 Å². The lowest BCUT2D eigenvalue weighted by Gasteiger charge is -2.36. The second-order valence-corrected chi connectivity index (χ2v) is 7.23. The Labute approximate surface area is 164 Å². The molecule has 1 unspecified atom stereocenters. The highest BCUT2D eigenvalue weighted by Crippen LogP contribution is 2.14. The number of amides is 2. The first kappa shape index (κ1) is 19.4. The van der Waals surface area contributed by atoms with Gasteiger partial charge in [-0.1, -0.05) is 41.9 Å². The molecule has 6 heteroatoms. The van der Waals surface area contributed by atoms with Gasteiger partial charge in [0, 0.05) is 43.3 Å². The zero-order chi connectivity index (χ0) is 19.2. The normalized spacial score (nSPS) is 16.0. The highest BCUT2D eigenvalue weighted by Gasteiger charge is 2.26. The number of hydrogen-bond donors (Lipinski definition) is 1. The number of rotatable bonds is 5. The highest BCUT2D eigenvalue weighted by atomic mass is 35.5. The summed E-state index contributed by atoms with van der Waals surface area (Å²) in [6, 6.07) is 16.3.